The number of hydrogen-bond acceptors (Lipinski definition) is 4. The summed E-state index contributed by atoms with van der Waals surface area (Å²) in [6.07, 6.45) is 0.414. The SMILES string of the molecule is CC(=O)C1(NC(=O)OCc2ccccc2)CCOCC1. The van der Waals surface area contributed by atoms with Crippen LogP contribution in [-0.4, -0.2) is 30.6 Å². The molecule has 5 nitrogen and oxygen atoms in total. The molecule has 1 aliphatic heterocycles. The van der Waals surface area contributed by atoms with Crippen LogP contribution in [0.5, 0.6) is 0 Å². The van der Waals surface area contributed by atoms with Gasteiger partial charge in [-0.1, -0.05) is 30.3 Å². The van der Waals surface area contributed by atoms with Crippen molar-refractivity contribution in [3.63, 3.8) is 0 Å². The van der Waals surface area contributed by atoms with Crippen LogP contribution >= 0.6 is 0 Å². The molecule has 1 aromatic carbocycles. The first-order chi connectivity index (χ1) is 9.62. The molecule has 0 bridgehead atoms. The zero-order chi connectivity index (χ0) is 14.4. The van der Waals surface area contributed by atoms with E-state index in [4.69, 9.17) is 9.47 Å². The number of ether oxygens (including phenoxy) is 2. The van der Waals surface area contributed by atoms with E-state index in [0.717, 1.165) is 5.56 Å². The molecule has 1 aliphatic rings. The van der Waals surface area contributed by atoms with Gasteiger partial charge in [-0.25, -0.2) is 4.79 Å². The molecule has 1 heterocycles. The van der Waals surface area contributed by atoms with Crippen molar-refractivity contribution >= 4 is 11.9 Å². The third-order valence-corrected chi connectivity index (χ3v) is 3.57. The molecule has 0 spiro atoms. The van der Waals surface area contributed by atoms with Crippen molar-refractivity contribution in [2.75, 3.05) is 13.2 Å². The van der Waals surface area contributed by atoms with Crippen LogP contribution in [0.1, 0.15) is 25.3 Å². The van der Waals surface area contributed by atoms with Crippen molar-refractivity contribution in [3.8, 4) is 0 Å². The molecular weight excluding hydrogens is 258 g/mol. The molecule has 0 saturated carbocycles. The molecule has 1 fully saturated rings. The van der Waals surface area contributed by atoms with Gasteiger partial charge < -0.3 is 14.8 Å². The van der Waals surface area contributed by atoms with Gasteiger partial charge in [0.05, 0.1) is 0 Å². The van der Waals surface area contributed by atoms with E-state index in [1.54, 1.807) is 0 Å². The fourth-order valence-electron chi connectivity index (χ4n) is 2.24. The minimum absolute atomic E-state index is 0.0579. The lowest BCUT2D eigenvalue weighted by molar-refractivity contribution is -0.127. The Morgan fingerprint density at radius 2 is 1.90 bits per heavy atom. The highest BCUT2D eigenvalue weighted by molar-refractivity contribution is 5.89. The molecule has 0 aromatic heterocycles. The van der Waals surface area contributed by atoms with E-state index in [1.807, 2.05) is 30.3 Å². The maximum Gasteiger partial charge on any atom is 0.408 e. The molecular formula is C15H19NO4. The van der Waals surface area contributed by atoms with E-state index in [9.17, 15) is 9.59 Å². The van der Waals surface area contributed by atoms with Gasteiger partial charge in [0, 0.05) is 26.1 Å². The summed E-state index contributed by atoms with van der Waals surface area (Å²) < 4.78 is 10.4. The van der Waals surface area contributed by atoms with Gasteiger partial charge >= 0.3 is 6.09 Å². The molecule has 0 radical (unpaired) electrons. The molecule has 20 heavy (non-hydrogen) atoms. The number of carbonyl (C=O) groups excluding carboxylic acids is 2. The topological polar surface area (TPSA) is 64.6 Å². The van der Waals surface area contributed by atoms with Gasteiger partial charge in [-0.05, 0) is 12.5 Å². The molecule has 1 N–H and O–H groups in total. The van der Waals surface area contributed by atoms with Crippen molar-refractivity contribution in [2.24, 2.45) is 0 Å². The fraction of sp³-hybridized carbons (Fsp3) is 0.467. The number of nitrogens with one attached hydrogen (secondary N) is 1. The van der Waals surface area contributed by atoms with E-state index in [2.05, 4.69) is 5.32 Å². The number of amides is 1. The van der Waals surface area contributed by atoms with Crippen LogP contribution in [0.15, 0.2) is 30.3 Å². The summed E-state index contributed by atoms with van der Waals surface area (Å²) in [4.78, 5) is 23.7. The molecule has 1 amide bonds. The van der Waals surface area contributed by atoms with E-state index in [1.165, 1.54) is 6.92 Å². The molecule has 108 valence electrons. The van der Waals surface area contributed by atoms with E-state index >= 15 is 0 Å². The van der Waals surface area contributed by atoms with Gasteiger partial charge in [-0.3, -0.25) is 4.79 Å². The quantitative estimate of drug-likeness (QED) is 0.914. The third kappa shape index (κ3) is 3.57. The first kappa shape index (κ1) is 14.5. The summed E-state index contributed by atoms with van der Waals surface area (Å²) in [5, 5.41) is 2.71. The summed E-state index contributed by atoms with van der Waals surface area (Å²) in [5.74, 6) is -0.0579. The number of benzene rings is 1. The van der Waals surface area contributed by atoms with Crippen molar-refractivity contribution in [1.82, 2.24) is 5.32 Å². The predicted octanol–water partition coefficient (Wildman–Crippen LogP) is 2.05. The Morgan fingerprint density at radius 3 is 2.50 bits per heavy atom. The maximum absolute atomic E-state index is 11.9. The summed E-state index contributed by atoms with van der Waals surface area (Å²) in [6.45, 7) is 2.62. The van der Waals surface area contributed by atoms with Crippen LogP contribution in [0.25, 0.3) is 0 Å². The van der Waals surface area contributed by atoms with E-state index < -0.39 is 11.6 Å². The van der Waals surface area contributed by atoms with E-state index in [-0.39, 0.29) is 12.4 Å². The monoisotopic (exact) mass is 277 g/mol. The zero-order valence-corrected chi connectivity index (χ0v) is 11.6. The molecule has 0 aliphatic carbocycles. The summed E-state index contributed by atoms with van der Waals surface area (Å²) >= 11 is 0. The minimum atomic E-state index is -0.841. The summed E-state index contributed by atoms with van der Waals surface area (Å²) in [7, 11) is 0. The predicted molar refractivity (Wildman–Crippen MR) is 73.2 cm³/mol. The van der Waals surface area contributed by atoms with Crippen molar-refractivity contribution in [1.29, 1.82) is 0 Å². The summed E-state index contributed by atoms with van der Waals surface area (Å²) in [6, 6.07) is 9.42. The number of Topliss-reactive ketones (excluding diaryl/α,β-unsaturated/α-hetero) is 1. The van der Waals surface area contributed by atoms with Crippen LogP contribution in [0.4, 0.5) is 4.79 Å². The highest BCUT2D eigenvalue weighted by Gasteiger charge is 2.39. The largest absolute Gasteiger partial charge is 0.445 e. The number of ketones is 1. The van der Waals surface area contributed by atoms with Gasteiger partial charge in [0.25, 0.3) is 0 Å². The average Bonchev–Trinajstić information content (AvgIpc) is 2.47. The lowest BCUT2D eigenvalue weighted by atomic mass is 9.86. The Balaban J connectivity index is 1.90. The molecule has 5 heteroatoms. The Bertz CT molecular complexity index is 466. The Labute approximate surface area is 118 Å². The highest BCUT2D eigenvalue weighted by atomic mass is 16.5. The normalized spacial score (nSPS) is 17.2. The lowest BCUT2D eigenvalue weighted by Crippen LogP contribution is -2.56. The van der Waals surface area contributed by atoms with Crippen molar-refractivity contribution < 1.29 is 19.1 Å². The molecule has 0 unspecified atom stereocenters. The fourth-order valence-corrected chi connectivity index (χ4v) is 2.24. The van der Waals surface area contributed by atoms with Gasteiger partial charge in [-0.2, -0.15) is 0 Å². The van der Waals surface area contributed by atoms with Crippen LogP contribution in [0, 0.1) is 0 Å². The first-order valence-corrected chi connectivity index (χ1v) is 6.70. The highest BCUT2D eigenvalue weighted by Crippen LogP contribution is 2.22. The van der Waals surface area contributed by atoms with Gasteiger partial charge in [0.1, 0.15) is 12.1 Å². The average molecular weight is 277 g/mol. The standard InChI is InChI=1S/C15H19NO4/c1-12(17)15(7-9-19-10-8-15)16-14(18)20-11-13-5-3-2-4-6-13/h2-6H,7-11H2,1H3,(H,16,18). The number of hydrogen-bond donors (Lipinski definition) is 1. The molecule has 1 aromatic rings. The number of rotatable bonds is 4. The van der Waals surface area contributed by atoms with Crippen molar-refractivity contribution in [2.45, 2.75) is 31.9 Å². The molecule has 2 rings (SSSR count). The second-order valence-corrected chi connectivity index (χ2v) is 4.94. The lowest BCUT2D eigenvalue weighted by Gasteiger charge is -2.35. The Morgan fingerprint density at radius 1 is 1.25 bits per heavy atom. The van der Waals surface area contributed by atoms with Crippen LogP contribution < -0.4 is 5.32 Å². The van der Waals surface area contributed by atoms with Crippen molar-refractivity contribution in [3.05, 3.63) is 35.9 Å². The smallest absolute Gasteiger partial charge is 0.408 e. The minimum Gasteiger partial charge on any atom is -0.445 e. The Hall–Kier alpha value is -1.88. The maximum atomic E-state index is 11.9. The molecule has 1 saturated heterocycles. The number of carbonyl (C=O) groups is 2. The van der Waals surface area contributed by atoms with Gasteiger partial charge in [0.2, 0.25) is 0 Å². The summed E-state index contributed by atoms with van der Waals surface area (Å²) in [5.41, 5.74) is 0.0675. The van der Waals surface area contributed by atoms with Crippen LogP contribution in [-0.2, 0) is 20.9 Å². The zero-order valence-electron chi connectivity index (χ0n) is 11.6. The first-order valence-electron chi connectivity index (χ1n) is 6.70. The molecule has 0 atom stereocenters. The second-order valence-electron chi connectivity index (χ2n) is 4.94. The van der Waals surface area contributed by atoms with E-state index in [0.29, 0.717) is 26.1 Å². The van der Waals surface area contributed by atoms with Crippen LogP contribution in [0.2, 0.25) is 0 Å². The van der Waals surface area contributed by atoms with Gasteiger partial charge in [0.15, 0.2) is 5.78 Å². The van der Waals surface area contributed by atoms with Crippen LogP contribution in [0.3, 0.4) is 0 Å². The third-order valence-electron chi connectivity index (χ3n) is 3.57. The van der Waals surface area contributed by atoms with Gasteiger partial charge in [-0.15, -0.1) is 0 Å². The second kappa shape index (κ2) is 6.52. The Kier molecular flexibility index (Phi) is 4.74. The number of alkyl carbamates (subject to hydrolysis) is 1.